The molecule has 1 aliphatic heterocycles. The molecule has 0 aromatic rings. The van der Waals surface area contributed by atoms with Crippen LogP contribution >= 0.6 is 0 Å². The van der Waals surface area contributed by atoms with Crippen LogP contribution in [-0.4, -0.2) is 33.6 Å². The minimum Gasteiger partial charge on any atom is -0.316 e. The summed E-state index contributed by atoms with van der Waals surface area (Å²) in [6.07, 6.45) is 1.60. The van der Waals surface area contributed by atoms with Crippen LogP contribution in [0.5, 0.6) is 0 Å². The summed E-state index contributed by atoms with van der Waals surface area (Å²) in [4.78, 5) is 0. The van der Waals surface area contributed by atoms with Gasteiger partial charge in [0, 0.05) is 6.54 Å². The lowest BCUT2D eigenvalue weighted by molar-refractivity contribution is -0.0448. The Morgan fingerprint density at radius 1 is 1.40 bits per heavy atom. The largest absolute Gasteiger partial charge is 0.511 e. The maximum absolute atomic E-state index is 11.9. The third-order valence-corrected chi connectivity index (χ3v) is 3.42. The van der Waals surface area contributed by atoms with Crippen LogP contribution in [0.25, 0.3) is 0 Å². The number of rotatable bonds is 3. The summed E-state index contributed by atoms with van der Waals surface area (Å²) in [5, 5.41) is 2.99. The minimum atomic E-state index is -5.21. The van der Waals surface area contributed by atoms with Gasteiger partial charge in [0.05, 0.1) is 0 Å². The Labute approximate surface area is 86.3 Å². The molecule has 1 saturated heterocycles. The highest BCUT2D eigenvalue weighted by Crippen LogP contribution is 2.22. The second kappa shape index (κ2) is 4.67. The molecule has 0 saturated carbocycles. The zero-order valence-corrected chi connectivity index (χ0v) is 8.79. The average molecular weight is 246 g/mol. The maximum atomic E-state index is 11.9. The second-order valence-corrected chi connectivity index (χ2v) is 5.27. The Kier molecular flexibility index (Phi) is 3.96. The van der Waals surface area contributed by atoms with E-state index < -0.39 is 15.5 Å². The number of hydrogen-bond acceptors (Lipinski definition) is 3. The fourth-order valence-electron chi connectivity index (χ4n) is 1.41. The Balaban J connectivity index is 2.42. The highest BCUT2D eigenvalue weighted by atomic mass is 32.2. The van der Waals surface area contributed by atoms with E-state index in [1.165, 1.54) is 0 Å². The smallest absolute Gasteiger partial charge is 0.316 e. The van der Waals surface area contributed by atoms with Gasteiger partial charge < -0.3 is 5.32 Å². The number of piperidine rings is 1. The predicted octanol–water partition coefficient (Wildman–Crippen LogP) is 0.425. The molecule has 0 amide bonds. The van der Waals surface area contributed by atoms with Gasteiger partial charge in [0.25, 0.3) is 0 Å². The van der Waals surface area contributed by atoms with Crippen molar-refractivity contribution < 1.29 is 21.6 Å². The monoisotopic (exact) mass is 246 g/mol. The van der Waals surface area contributed by atoms with E-state index in [4.69, 9.17) is 0 Å². The summed E-state index contributed by atoms with van der Waals surface area (Å²) in [6.45, 7) is 1.23. The van der Waals surface area contributed by atoms with Crippen LogP contribution in [0.4, 0.5) is 13.2 Å². The molecule has 1 unspecified atom stereocenters. The molecular formula is C7H13F3N2O2S. The maximum Gasteiger partial charge on any atom is 0.511 e. The molecule has 1 atom stereocenters. The van der Waals surface area contributed by atoms with Crippen LogP contribution in [0.3, 0.4) is 0 Å². The number of alkyl halides is 3. The van der Waals surface area contributed by atoms with Gasteiger partial charge in [-0.2, -0.15) is 13.2 Å². The Bertz CT molecular complexity index is 296. The summed E-state index contributed by atoms with van der Waals surface area (Å²) in [5.74, 6) is -0.0594. The highest BCUT2D eigenvalue weighted by molar-refractivity contribution is 7.90. The molecule has 0 spiro atoms. The molecule has 1 heterocycles. The normalized spacial score (nSPS) is 24.1. The van der Waals surface area contributed by atoms with Crippen molar-refractivity contribution >= 4 is 10.0 Å². The Morgan fingerprint density at radius 2 is 2.07 bits per heavy atom. The van der Waals surface area contributed by atoms with Crippen molar-refractivity contribution in [3.63, 3.8) is 0 Å². The van der Waals surface area contributed by atoms with Crippen molar-refractivity contribution in [1.82, 2.24) is 10.0 Å². The highest BCUT2D eigenvalue weighted by Gasteiger charge is 2.45. The SMILES string of the molecule is O=S(=O)(NCC1CCCNC1)C(F)(F)F. The molecule has 2 N–H and O–H groups in total. The summed E-state index contributed by atoms with van der Waals surface area (Å²) >= 11 is 0. The van der Waals surface area contributed by atoms with Gasteiger partial charge in [-0.1, -0.05) is 0 Å². The van der Waals surface area contributed by atoms with Gasteiger partial charge in [0.1, 0.15) is 0 Å². The van der Waals surface area contributed by atoms with Crippen molar-refractivity contribution in [2.24, 2.45) is 5.92 Å². The van der Waals surface area contributed by atoms with Gasteiger partial charge in [-0.05, 0) is 31.8 Å². The summed E-state index contributed by atoms with van der Waals surface area (Å²) in [5.41, 5.74) is -5.21. The van der Waals surface area contributed by atoms with Crippen LogP contribution in [0, 0.1) is 5.92 Å². The molecule has 1 fully saturated rings. The van der Waals surface area contributed by atoms with Crippen LogP contribution in [-0.2, 0) is 10.0 Å². The number of sulfonamides is 1. The fourth-order valence-corrected chi connectivity index (χ4v) is 2.03. The minimum absolute atomic E-state index is 0.0594. The van der Waals surface area contributed by atoms with E-state index in [1.54, 1.807) is 4.72 Å². The van der Waals surface area contributed by atoms with Gasteiger partial charge in [-0.15, -0.1) is 0 Å². The molecular weight excluding hydrogens is 233 g/mol. The lowest BCUT2D eigenvalue weighted by atomic mass is 10.0. The standard InChI is InChI=1S/C7H13F3N2O2S/c8-7(9,10)15(13,14)12-5-6-2-1-3-11-4-6/h6,11-12H,1-5H2. The van der Waals surface area contributed by atoms with Gasteiger partial charge in [-0.3, -0.25) is 0 Å². The first-order chi connectivity index (χ1) is 6.83. The van der Waals surface area contributed by atoms with E-state index in [2.05, 4.69) is 5.32 Å². The number of nitrogens with one attached hydrogen (secondary N) is 2. The molecule has 4 nitrogen and oxygen atoms in total. The van der Waals surface area contributed by atoms with Crippen molar-refractivity contribution in [1.29, 1.82) is 0 Å². The van der Waals surface area contributed by atoms with Crippen molar-refractivity contribution in [3.8, 4) is 0 Å². The number of hydrogen-bond donors (Lipinski definition) is 2. The molecule has 15 heavy (non-hydrogen) atoms. The zero-order chi connectivity index (χ0) is 11.5. The zero-order valence-electron chi connectivity index (χ0n) is 7.97. The van der Waals surface area contributed by atoms with Crippen molar-refractivity contribution in [2.45, 2.75) is 18.3 Å². The summed E-state index contributed by atoms with van der Waals surface area (Å²) < 4.78 is 58.6. The van der Waals surface area contributed by atoms with Gasteiger partial charge in [-0.25, -0.2) is 13.1 Å². The molecule has 0 aromatic heterocycles. The van der Waals surface area contributed by atoms with E-state index in [1.807, 2.05) is 0 Å². The number of halogens is 3. The van der Waals surface area contributed by atoms with E-state index in [0.29, 0.717) is 6.54 Å². The van der Waals surface area contributed by atoms with Crippen LogP contribution < -0.4 is 10.0 Å². The first kappa shape index (κ1) is 12.7. The molecule has 0 bridgehead atoms. The first-order valence-electron chi connectivity index (χ1n) is 4.59. The molecule has 0 aliphatic carbocycles. The van der Waals surface area contributed by atoms with E-state index in [9.17, 15) is 21.6 Å². The lowest BCUT2D eigenvalue weighted by Gasteiger charge is -2.23. The van der Waals surface area contributed by atoms with Crippen molar-refractivity contribution in [2.75, 3.05) is 19.6 Å². The first-order valence-corrected chi connectivity index (χ1v) is 6.08. The van der Waals surface area contributed by atoms with Crippen molar-refractivity contribution in [3.05, 3.63) is 0 Å². The molecule has 90 valence electrons. The Hall–Kier alpha value is -0.340. The average Bonchev–Trinajstić information content (AvgIpc) is 2.15. The predicted molar refractivity (Wildman–Crippen MR) is 48.6 cm³/mol. The molecule has 0 radical (unpaired) electrons. The fraction of sp³-hybridized carbons (Fsp3) is 1.00. The van der Waals surface area contributed by atoms with Gasteiger partial charge in [0.15, 0.2) is 0 Å². The molecule has 0 aromatic carbocycles. The second-order valence-electron chi connectivity index (χ2n) is 3.51. The van der Waals surface area contributed by atoms with Gasteiger partial charge >= 0.3 is 15.5 Å². The van der Waals surface area contributed by atoms with Gasteiger partial charge in [0.2, 0.25) is 0 Å². The molecule has 8 heteroatoms. The third kappa shape index (κ3) is 3.62. The summed E-state index contributed by atoms with van der Waals surface area (Å²) in [7, 11) is -5.17. The summed E-state index contributed by atoms with van der Waals surface area (Å²) in [6, 6.07) is 0. The topological polar surface area (TPSA) is 58.2 Å². The van der Waals surface area contributed by atoms with Crippen LogP contribution in [0.15, 0.2) is 0 Å². The lowest BCUT2D eigenvalue weighted by Crippen LogP contribution is -2.42. The van der Waals surface area contributed by atoms with E-state index in [-0.39, 0.29) is 12.5 Å². The third-order valence-electron chi connectivity index (χ3n) is 2.27. The van der Waals surface area contributed by atoms with Crippen LogP contribution in [0.1, 0.15) is 12.8 Å². The van der Waals surface area contributed by atoms with Crippen LogP contribution in [0.2, 0.25) is 0 Å². The molecule has 1 rings (SSSR count). The molecule has 1 aliphatic rings. The van der Waals surface area contributed by atoms with E-state index in [0.717, 1.165) is 19.4 Å². The Morgan fingerprint density at radius 3 is 2.53 bits per heavy atom. The quantitative estimate of drug-likeness (QED) is 0.759. The van der Waals surface area contributed by atoms with E-state index >= 15 is 0 Å².